The molecule has 104 valence electrons. The number of nitrogens with zero attached hydrogens (tertiary/aromatic N) is 1. The Kier molecular flexibility index (Phi) is 5.68. The Morgan fingerprint density at radius 2 is 1.90 bits per heavy atom. The molecule has 1 amide bonds. The van der Waals surface area contributed by atoms with E-state index in [2.05, 4.69) is 15.9 Å². The molecule has 4 heteroatoms. The fourth-order valence-electron chi connectivity index (χ4n) is 1.77. The van der Waals surface area contributed by atoms with E-state index in [4.69, 9.17) is 0 Å². The van der Waals surface area contributed by atoms with Crippen LogP contribution in [0.2, 0.25) is 0 Å². The van der Waals surface area contributed by atoms with E-state index < -0.39 is 0 Å². The maximum absolute atomic E-state index is 12.1. The van der Waals surface area contributed by atoms with Crippen LogP contribution in [0.3, 0.4) is 0 Å². The van der Waals surface area contributed by atoms with Gasteiger partial charge in [-0.1, -0.05) is 46.3 Å². The summed E-state index contributed by atoms with van der Waals surface area (Å²) >= 11 is 5.01. The third kappa shape index (κ3) is 4.69. The number of hydrogen-bond acceptors (Lipinski definition) is 2. The standard InChI is InChI=1S/C16H16BrNOS/c1-18(11-13-6-5-7-14(17)10-13)16(19)12-20-15-8-3-2-4-9-15/h2-10H,11-12H2,1H3. The second-order valence-corrected chi connectivity index (χ2v) is 6.45. The highest BCUT2D eigenvalue weighted by Gasteiger charge is 2.09. The van der Waals surface area contributed by atoms with Gasteiger partial charge in [-0.15, -0.1) is 11.8 Å². The van der Waals surface area contributed by atoms with Gasteiger partial charge in [0.05, 0.1) is 5.75 Å². The molecule has 0 saturated heterocycles. The lowest BCUT2D eigenvalue weighted by atomic mass is 10.2. The van der Waals surface area contributed by atoms with Crippen molar-refractivity contribution in [3.8, 4) is 0 Å². The summed E-state index contributed by atoms with van der Waals surface area (Å²) in [6.07, 6.45) is 0. The molecule has 0 radical (unpaired) electrons. The Labute approximate surface area is 132 Å². The second-order valence-electron chi connectivity index (χ2n) is 4.48. The normalized spacial score (nSPS) is 10.3. The lowest BCUT2D eigenvalue weighted by molar-refractivity contribution is -0.127. The second kappa shape index (κ2) is 7.50. The summed E-state index contributed by atoms with van der Waals surface area (Å²) in [6, 6.07) is 18.0. The molecule has 0 aliphatic heterocycles. The molecular formula is C16H16BrNOS. The lowest BCUT2D eigenvalue weighted by Gasteiger charge is -2.17. The van der Waals surface area contributed by atoms with Gasteiger partial charge >= 0.3 is 0 Å². The minimum Gasteiger partial charge on any atom is -0.341 e. The minimum absolute atomic E-state index is 0.138. The summed E-state index contributed by atoms with van der Waals surface area (Å²) in [5.74, 6) is 0.605. The van der Waals surface area contributed by atoms with E-state index in [1.165, 1.54) is 0 Å². The van der Waals surface area contributed by atoms with Crippen molar-refractivity contribution in [1.29, 1.82) is 0 Å². The Bertz CT molecular complexity index is 574. The molecule has 2 aromatic carbocycles. The van der Waals surface area contributed by atoms with Crippen LogP contribution in [-0.2, 0) is 11.3 Å². The fourth-order valence-corrected chi connectivity index (χ4v) is 3.08. The highest BCUT2D eigenvalue weighted by Crippen LogP contribution is 2.18. The molecule has 0 saturated carbocycles. The Hall–Kier alpha value is -1.26. The molecule has 0 bridgehead atoms. The van der Waals surface area contributed by atoms with Gasteiger partial charge in [0.15, 0.2) is 0 Å². The largest absolute Gasteiger partial charge is 0.341 e. The van der Waals surface area contributed by atoms with E-state index in [1.807, 2.05) is 61.6 Å². The first-order valence-electron chi connectivity index (χ1n) is 6.31. The van der Waals surface area contributed by atoms with Crippen LogP contribution in [0, 0.1) is 0 Å². The molecule has 0 heterocycles. The summed E-state index contributed by atoms with van der Waals surface area (Å²) in [4.78, 5) is 15.0. The number of rotatable bonds is 5. The highest BCUT2D eigenvalue weighted by atomic mass is 79.9. The molecule has 20 heavy (non-hydrogen) atoms. The zero-order chi connectivity index (χ0) is 14.4. The maximum Gasteiger partial charge on any atom is 0.232 e. The smallest absolute Gasteiger partial charge is 0.232 e. The number of thioether (sulfide) groups is 1. The van der Waals surface area contributed by atoms with Crippen LogP contribution < -0.4 is 0 Å². The lowest BCUT2D eigenvalue weighted by Crippen LogP contribution is -2.27. The van der Waals surface area contributed by atoms with Crippen LogP contribution in [0.4, 0.5) is 0 Å². The average Bonchev–Trinajstić information content (AvgIpc) is 2.46. The first-order chi connectivity index (χ1) is 9.65. The predicted molar refractivity (Wildman–Crippen MR) is 87.8 cm³/mol. The van der Waals surface area contributed by atoms with Gasteiger partial charge in [0.25, 0.3) is 0 Å². The molecule has 0 fully saturated rings. The summed E-state index contributed by atoms with van der Waals surface area (Å²) < 4.78 is 1.04. The summed E-state index contributed by atoms with van der Waals surface area (Å²) in [7, 11) is 1.84. The van der Waals surface area contributed by atoms with Crippen LogP contribution >= 0.6 is 27.7 Å². The first kappa shape index (κ1) is 15.1. The zero-order valence-corrected chi connectivity index (χ0v) is 13.7. The number of hydrogen-bond donors (Lipinski definition) is 0. The van der Waals surface area contributed by atoms with Crippen molar-refractivity contribution in [2.24, 2.45) is 0 Å². The van der Waals surface area contributed by atoms with Gasteiger partial charge in [0.1, 0.15) is 0 Å². The topological polar surface area (TPSA) is 20.3 Å². The van der Waals surface area contributed by atoms with Crippen molar-refractivity contribution in [2.75, 3.05) is 12.8 Å². The van der Waals surface area contributed by atoms with E-state index in [9.17, 15) is 4.79 Å². The van der Waals surface area contributed by atoms with Gasteiger partial charge in [-0.2, -0.15) is 0 Å². The van der Waals surface area contributed by atoms with Crippen LogP contribution in [-0.4, -0.2) is 23.6 Å². The van der Waals surface area contributed by atoms with Crippen molar-refractivity contribution in [1.82, 2.24) is 4.90 Å². The number of halogens is 1. The molecular weight excluding hydrogens is 334 g/mol. The van der Waals surface area contributed by atoms with Gasteiger partial charge in [0, 0.05) is 23.0 Å². The van der Waals surface area contributed by atoms with Crippen molar-refractivity contribution < 1.29 is 4.79 Å². The van der Waals surface area contributed by atoms with Gasteiger partial charge in [0.2, 0.25) is 5.91 Å². The van der Waals surface area contributed by atoms with Crippen molar-refractivity contribution in [3.63, 3.8) is 0 Å². The summed E-state index contributed by atoms with van der Waals surface area (Å²) in [6.45, 7) is 0.633. The molecule has 0 aliphatic rings. The average molecular weight is 350 g/mol. The molecule has 2 aromatic rings. The van der Waals surface area contributed by atoms with E-state index in [1.54, 1.807) is 16.7 Å². The van der Waals surface area contributed by atoms with E-state index >= 15 is 0 Å². The van der Waals surface area contributed by atoms with E-state index in [0.717, 1.165) is 14.9 Å². The van der Waals surface area contributed by atoms with Crippen molar-refractivity contribution >= 4 is 33.6 Å². The van der Waals surface area contributed by atoms with Gasteiger partial charge < -0.3 is 4.90 Å². The summed E-state index contributed by atoms with van der Waals surface area (Å²) in [5, 5.41) is 0. The van der Waals surface area contributed by atoms with Crippen molar-refractivity contribution in [3.05, 3.63) is 64.6 Å². The molecule has 0 atom stereocenters. The Morgan fingerprint density at radius 1 is 1.15 bits per heavy atom. The molecule has 2 rings (SSSR count). The van der Waals surface area contributed by atoms with Crippen molar-refractivity contribution in [2.45, 2.75) is 11.4 Å². The zero-order valence-electron chi connectivity index (χ0n) is 11.3. The van der Waals surface area contributed by atoms with Crippen LogP contribution in [0.1, 0.15) is 5.56 Å². The van der Waals surface area contributed by atoms with Crippen LogP contribution in [0.15, 0.2) is 64.0 Å². The Balaban J connectivity index is 1.86. The predicted octanol–water partition coefficient (Wildman–Crippen LogP) is 4.20. The monoisotopic (exact) mass is 349 g/mol. The molecule has 0 aromatic heterocycles. The molecule has 2 nitrogen and oxygen atoms in total. The van der Waals surface area contributed by atoms with E-state index in [0.29, 0.717) is 12.3 Å². The molecule has 0 aliphatic carbocycles. The van der Waals surface area contributed by atoms with Gasteiger partial charge in [-0.05, 0) is 29.8 Å². The SMILES string of the molecule is CN(Cc1cccc(Br)c1)C(=O)CSc1ccccc1. The van der Waals surface area contributed by atoms with E-state index in [-0.39, 0.29) is 5.91 Å². The number of carbonyl (C=O) groups excluding carboxylic acids is 1. The van der Waals surface area contributed by atoms with Crippen LogP contribution in [0.5, 0.6) is 0 Å². The minimum atomic E-state index is 0.138. The van der Waals surface area contributed by atoms with Gasteiger partial charge in [-0.25, -0.2) is 0 Å². The highest BCUT2D eigenvalue weighted by molar-refractivity contribution is 9.10. The molecule has 0 N–H and O–H groups in total. The quantitative estimate of drug-likeness (QED) is 0.754. The molecule has 0 unspecified atom stereocenters. The molecule has 0 spiro atoms. The third-order valence-corrected chi connectivity index (χ3v) is 4.33. The number of amides is 1. The number of benzene rings is 2. The number of carbonyl (C=O) groups is 1. The van der Waals surface area contributed by atoms with Crippen LogP contribution in [0.25, 0.3) is 0 Å². The Morgan fingerprint density at radius 3 is 2.60 bits per heavy atom. The first-order valence-corrected chi connectivity index (χ1v) is 8.09. The fraction of sp³-hybridized carbons (Fsp3) is 0.188. The van der Waals surface area contributed by atoms with Gasteiger partial charge in [-0.3, -0.25) is 4.79 Å². The third-order valence-electron chi connectivity index (χ3n) is 2.84. The summed E-state index contributed by atoms with van der Waals surface area (Å²) in [5.41, 5.74) is 1.12. The maximum atomic E-state index is 12.1.